The van der Waals surface area contributed by atoms with Gasteiger partial charge in [0.2, 0.25) is 5.91 Å². The highest BCUT2D eigenvalue weighted by Crippen LogP contribution is 2.18. The largest absolute Gasteiger partial charge is 0.348 e. The Kier molecular flexibility index (Phi) is 5.34. The fourth-order valence-electron chi connectivity index (χ4n) is 1.94. The summed E-state index contributed by atoms with van der Waals surface area (Å²) in [4.78, 5) is 24.2. The maximum absolute atomic E-state index is 12.9. The first-order valence-electron chi connectivity index (χ1n) is 7.70. The molecule has 0 fully saturated rings. The van der Waals surface area contributed by atoms with Gasteiger partial charge in [0.1, 0.15) is 5.82 Å². The molecule has 4 nitrogen and oxygen atoms in total. The molecule has 2 rings (SSSR count). The van der Waals surface area contributed by atoms with Gasteiger partial charge in [-0.25, -0.2) is 4.39 Å². The molecule has 5 heteroatoms. The fourth-order valence-corrected chi connectivity index (χ4v) is 1.94. The van der Waals surface area contributed by atoms with E-state index in [0.717, 1.165) is 5.56 Å². The van der Waals surface area contributed by atoms with E-state index in [1.54, 1.807) is 36.4 Å². The normalized spacial score (nSPS) is 11.0. The van der Waals surface area contributed by atoms with Crippen molar-refractivity contribution in [2.24, 2.45) is 5.41 Å². The second kappa shape index (κ2) is 7.25. The molecule has 0 aromatic heterocycles. The second-order valence-electron chi connectivity index (χ2n) is 6.59. The molecule has 2 amide bonds. The van der Waals surface area contributed by atoms with Crippen LogP contribution in [0.25, 0.3) is 0 Å². The Hall–Kier alpha value is -2.69. The van der Waals surface area contributed by atoms with Gasteiger partial charge in [0, 0.05) is 23.2 Å². The van der Waals surface area contributed by atoms with Gasteiger partial charge in [-0.3, -0.25) is 9.59 Å². The van der Waals surface area contributed by atoms with Crippen molar-refractivity contribution in [3.8, 4) is 0 Å². The molecule has 2 N–H and O–H groups in total. The second-order valence-corrected chi connectivity index (χ2v) is 6.59. The van der Waals surface area contributed by atoms with E-state index in [1.807, 2.05) is 20.8 Å². The van der Waals surface area contributed by atoms with Crippen LogP contribution < -0.4 is 10.6 Å². The van der Waals surface area contributed by atoms with Crippen LogP contribution in [0.1, 0.15) is 36.7 Å². The molecular formula is C19H21FN2O2. The van der Waals surface area contributed by atoms with E-state index in [9.17, 15) is 14.0 Å². The van der Waals surface area contributed by atoms with Gasteiger partial charge in [-0.05, 0) is 35.9 Å². The Balaban J connectivity index is 2.01. The number of rotatable bonds is 4. The Morgan fingerprint density at radius 1 is 1.04 bits per heavy atom. The summed E-state index contributed by atoms with van der Waals surface area (Å²) in [7, 11) is 0. The van der Waals surface area contributed by atoms with Gasteiger partial charge in [0.05, 0.1) is 0 Å². The zero-order valence-electron chi connectivity index (χ0n) is 14.0. The molecule has 0 bridgehead atoms. The highest BCUT2D eigenvalue weighted by atomic mass is 19.1. The Morgan fingerprint density at radius 3 is 2.33 bits per heavy atom. The minimum Gasteiger partial charge on any atom is -0.348 e. The molecule has 0 unspecified atom stereocenters. The number of carbonyl (C=O) groups is 2. The minimum atomic E-state index is -0.513. The van der Waals surface area contributed by atoms with Crippen LogP contribution in [0.2, 0.25) is 0 Å². The van der Waals surface area contributed by atoms with Crippen LogP contribution >= 0.6 is 0 Å². The Labute approximate surface area is 141 Å². The molecule has 0 radical (unpaired) electrons. The van der Waals surface area contributed by atoms with Crippen LogP contribution in [0.15, 0.2) is 48.5 Å². The van der Waals surface area contributed by atoms with Crippen molar-refractivity contribution >= 4 is 17.5 Å². The van der Waals surface area contributed by atoms with Gasteiger partial charge in [-0.2, -0.15) is 0 Å². The van der Waals surface area contributed by atoms with Crippen LogP contribution in [0.4, 0.5) is 10.1 Å². The minimum absolute atomic E-state index is 0.119. The number of halogens is 1. The highest BCUT2D eigenvalue weighted by Gasteiger charge is 2.21. The van der Waals surface area contributed by atoms with Gasteiger partial charge in [-0.1, -0.05) is 39.0 Å². The topological polar surface area (TPSA) is 58.2 Å². The van der Waals surface area contributed by atoms with Crippen LogP contribution in [-0.2, 0) is 11.3 Å². The third-order valence-electron chi connectivity index (χ3n) is 3.43. The van der Waals surface area contributed by atoms with Crippen molar-refractivity contribution < 1.29 is 14.0 Å². The lowest BCUT2D eigenvalue weighted by Crippen LogP contribution is -2.28. The van der Waals surface area contributed by atoms with Crippen molar-refractivity contribution in [2.75, 3.05) is 5.32 Å². The Morgan fingerprint density at radius 2 is 1.71 bits per heavy atom. The zero-order valence-corrected chi connectivity index (χ0v) is 14.0. The number of hydrogen-bond donors (Lipinski definition) is 2. The summed E-state index contributed by atoms with van der Waals surface area (Å²) in [5.74, 6) is -0.690. The maximum Gasteiger partial charge on any atom is 0.251 e. The van der Waals surface area contributed by atoms with Crippen molar-refractivity contribution in [1.29, 1.82) is 0 Å². The van der Waals surface area contributed by atoms with Crippen LogP contribution in [0.5, 0.6) is 0 Å². The lowest BCUT2D eigenvalue weighted by molar-refractivity contribution is -0.123. The van der Waals surface area contributed by atoms with E-state index in [4.69, 9.17) is 0 Å². The number of carbonyl (C=O) groups excluding carboxylic acids is 2. The molecule has 0 aliphatic heterocycles. The summed E-state index contributed by atoms with van der Waals surface area (Å²) in [5, 5.41) is 5.57. The third-order valence-corrected chi connectivity index (χ3v) is 3.43. The van der Waals surface area contributed by atoms with Gasteiger partial charge < -0.3 is 10.6 Å². The lowest BCUT2D eigenvalue weighted by atomic mass is 9.95. The molecule has 0 heterocycles. The van der Waals surface area contributed by atoms with E-state index in [2.05, 4.69) is 10.6 Å². The summed E-state index contributed by atoms with van der Waals surface area (Å²) in [5.41, 5.74) is 1.32. The molecule has 0 atom stereocenters. The first kappa shape index (κ1) is 17.7. The lowest BCUT2D eigenvalue weighted by Gasteiger charge is -2.18. The number of hydrogen-bond acceptors (Lipinski definition) is 2. The van der Waals surface area contributed by atoms with E-state index in [1.165, 1.54) is 12.1 Å². The Bertz CT molecular complexity index is 734. The van der Waals surface area contributed by atoms with Crippen LogP contribution in [0.3, 0.4) is 0 Å². The van der Waals surface area contributed by atoms with E-state index < -0.39 is 5.41 Å². The number of nitrogens with one attached hydrogen (secondary N) is 2. The van der Waals surface area contributed by atoms with Crippen molar-refractivity contribution in [3.05, 3.63) is 65.5 Å². The molecule has 0 spiro atoms. The summed E-state index contributed by atoms with van der Waals surface area (Å²) >= 11 is 0. The smallest absolute Gasteiger partial charge is 0.251 e. The first-order valence-corrected chi connectivity index (χ1v) is 7.70. The van der Waals surface area contributed by atoms with Gasteiger partial charge in [0.15, 0.2) is 0 Å². The SMILES string of the molecule is CC(C)(C)C(=O)Nc1cccc(C(=O)NCc2ccc(F)cc2)c1. The van der Waals surface area contributed by atoms with Crippen molar-refractivity contribution in [2.45, 2.75) is 27.3 Å². The molecular weight excluding hydrogens is 307 g/mol. The fraction of sp³-hybridized carbons (Fsp3) is 0.263. The maximum atomic E-state index is 12.9. The highest BCUT2D eigenvalue weighted by molar-refractivity contribution is 5.98. The quantitative estimate of drug-likeness (QED) is 0.898. The van der Waals surface area contributed by atoms with E-state index in [0.29, 0.717) is 17.8 Å². The average Bonchev–Trinajstić information content (AvgIpc) is 2.53. The molecule has 0 saturated heterocycles. The first-order chi connectivity index (χ1) is 11.3. The third kappa shape index (κ3) is 4.91. The van der Waals surface area contributed by atoms with Gasteiger partial charge in [-0.15, -0.1) is 0 Å². The summed E-state index contributed by atoms with van der Waals surface area (Å²) in [6.07, 6.45) is 0. The predicted molar refractivity (Wildman–Crippen MR) is 92.1 cm³/mol. The number of benzene rings is 2. The molecule has 0 aliphatic carbocycles. The van der Waals surface area contributed by atoms with Gasteiger partial charge >= 0.3 is 0 Å². The molecule has 2 aromatic carbocycles. The summed E-state index contributed by atoms with van der Waals surface area (Å²) in [6, 6.07) is 12.7. The number of amides is 2. The molecule has 0 saturated carbocycles. The van der Waals surface area contributed by atoms with E-state index >= 15 is 0 Å². The monoisotopic (exact) mass is 328 g/mol. The van der Waals surface area contributed by atoms with E-state index in [-0.39, 0.29) is 17.6 Å². The molecule has 2 aromatic rings. The van der Waals surface area contributed by atoms with Crippen molar-refractivity contribution in [3.63, 3.8) is 0 Å². The molecule has 24 heavy (non-hydrogen) atoms. The number of anilines is 1. The van der Waals surface area contributed by atoms with Crippen molar-refractivity contribution in [1.82, 2.24) is 5.32 Å². The van der Waals surface area contributed by atoms with Crippen LogP contribution in [0, 0.1) is 11.2 Å². The summed E-state index contributed by atoms with van der Waals surface area (Å²) in [6.45, 7) is 5.77. The molecule has 0 aliphatic rings. The average molecular weight is 328 g/mol. The standard InChI is InChI=1S/C19H21FN2O2/c1-19(2,3)18(24)22-16-6-4-5-14(11-16)17(23)21-12-13-7-9-15(20)10-8-13/h4-11H,12H2,1-3H3,(H,21,23)(H,22,24). The zero-order chi connectivity index (χ0) is 17.7. The molecule has 126 valence electrons. The van der Waals surface area contributed by atoms with Gasteiger partial charge in [0.25, 0.3) is 5.91 Å². The predicted octanol–water partition coefficient (Wildman–Crippen LogP) is 3.74. The summed E-state index contributed by atoms with van der Waals surface area (Å²) < 4.78 is 12.9. The van der Waals surface area contributed by atoms with Crippen LogP contribution in [-0.4, -0.2) is 11.8 Å².